The first-order valence-corrected chi connectivity index (χ1v) is 9.07. The molecule has 3 rings (SSSR count). The lowest BCUT2D eigenvalue weighted by Crippen LogP contribution is -2.22. The van der Waals surface area contributed by atoms with E-state index in [0.717, 1.165) is 17.2 Å². The van der Waals surface area contributed by atoms with Crippen molar-refractivity contribution in [2.75, 3.05) is 0 Å². The number of aliphatic carboxylic acids is 1. The highest BCUT2D eigenvalue weighted by Crippen LogP contribution is 2.26. The highest BCUT2D eigenvalue weighted by molar-refractivity contribution is 5.96. The molecule has 5 heteroatoms. The summed E-state index contributed by atoms with van der Waals surface area (Å²) in [6, 6.07) is 18.9. The van der Waals surface area contributed by atoms with E-state index in [0.29, 0.717) is 28.8 Å². The van der Waals surface area contributed by atoms with Crippen LogP contribution in [0.2, 0.25) is 0 Å². The number of carboxylic acid groups (broad SMARTS) is 1. The first-order valence-electron chi connectivity index (χ1n) is 9.07. The standard InChI is InChI=1S/C24H20FNO3/c1-16-6-8-17(9-7-16)15-26-24(29)20-13-18(10-11-23(27)28)12-19(14-20)21-4-2-3-5-22(21)25/h2-14H,15H2,1H3,(H,26,29)(H,27,28)/b11-10+. The molecule has 0 atom stereocenters. The summed E-state index contributed by atoms with van der Waals surface area (Å²) < 4.78 is 14.2. The lowest BCUT2D eigenvalue weighted by atomic mass is 9.98. The van der Waals surface area contributed by atoms with Crippen LogP contribution < -0.4 is 5.32 Å². The van der Waals surface area contributed by atoms with Gasteiger partial charge in [0.1, 0.15) is 5.82 Å². The maximum absolute atomic E-state index is 14.2. The first kappa shape index (κ1) is 20.0. The monoisotopic (exact) mass is 389 g/mol. The number of rotatable bonds is 6. The zero-order valence-corrected chi connectivity index (χ0v) is 15.9. The van der Waals surface area contributed by atoms with E-state index in [2.05, 4.69) is 5.32 Å². The molecule has 0 saturated heterocycles. The molecule has 0 aliphatic carbocycles. The van der Waals surface area contributed by atoms with E-state index in [-0.39, 0.29) is 5.91 Å². The molecule has 0 unspecified atom stereocenters. The van der Waals surface area contributed by atoms with Crippen molar-refractivity contribution >= 4 is 18.0 Å². The Bertz CT molecular complexity index is 1070. The van der Waals surface area contributed by atoms with Crippen LogP contribution in [0, 0.1) is 12.7 Å². The van der Waals surface area contributed by atoms with Crippen molar-refractivity contribution in [3.63, 3.8) is 0 Å². The fraction of sp³-hybridized carbons (Fsp3) is 0.0833. The summed E-state index contributed by atoms with van der Waals surface area (Å²) in [5.41, 5.74) is 3.74. The van der Waals surface area contributed by atoms with Crippen LogP contribution in [0.1, 0.15) is 27.0 Å². The highest BCUT2D eigenvalue weighted by Gasteiger charge is 2.12. The SMILES string of the molecule is Cc1ccc(CNC(=O)c2cc(/C=C/C(=O)O)cc(-c3ccccc3F)c2)cc1. The van der Waals surface area contributed by atoms with E-state index in [1.54, 1.807) is 36.4 Å². The van der Waals surface area contributed by atoms with Gasteiger partial charge in [0.15, 0.2) is 0 Å². The molecule has 2 N–H and O–H groups in total. The summed E-state index contributed by atoms with van der Waals surface area (Å²) in [6.07, 6.45) is 2.36. The van der Waals surface area contributed by atoms with E-state index in [1.807, 2.05) is 31.2 Å². The molecule has 3 aromatic rings. The van der Waals surface area contributed by atoms with E-state index in [1.165, 1.54) is 12.1 Å². The van der Waals surface area contributed by atoms with Gasteiger partial charge in [-0.15, -0.1) is 0 Å². The Labute approximate surface area is 168 Å². The Morgan fingerprint density at radius 3 is 2.45 bits per heavy atom. The number of hydrogen-bond acceptors (Lipinski definition) is 2. The minimum atomic E-state index is -1.10. The zero-order chi connectivity index (χ0) is 20.8. The van der Waals surface area contributed by atoms with Crippen LogP contribution in [0.3, 0.4) is 0 Å². The van der Waals surface area contributed by atoms with Crippen LogP contribution in [-0.4, -0.2) is 17.0 Å². The van der Waals surface area contributed by atoms with Crippen molar-refractivity contribution in [3.8, 4) is 11.1 Å². The van der Waals surface area contributed by atoms with Gasteiger partial charge in [-0.1, -0.05) is 48.0 Å². The topological polar surface area (TPSA) is 66.4 Å². The van der Waals surface area contributed by atoms with Gasteiger partial charge in [0.05, 0.1) is 0 Å². The Hall–Kier alpha value is -3.73. The van der Waals surface area contributed by atoms with Gasteiger partial charge in [-0.3, -0.25) is 4.79 Å². The van der Waals surface area contributed by atoms with E-state index < -0.39 is 11.8 Å². The quantitative estimate of drug-likeness (QED) is 0.594. The number of hydrogen-bond donors (Lipinski definition) is 2. The van der Waals surface area contributed by atoms with Gasteiger partial charge in [-0.25, -0.2) is 9.18 Å². The number of amides is 1. The molecule has 0 aliphatic heterocycles. The molecule has 4 nitrogen and oxygen atoms in total. The summed E-state index contributed by atoms with van der Waals surface area (Å²) in [7, 11) is 0. The Kier molecular flexibility index (Phi) is 6.19. The lowest BCUT2D eigenvalue weighted by Gasteiger charge is -2.10. The second-order valence-corrected chi connectivity index (χ2v) is 6.66. The normalized spacial score (nSPS) is 10.8. The number of nitrogens with one attached hydrogen (secondary N) is 1. The van der Waals surface area contributed by atoms with Crippen molar-refractivity contribution < 1.29 is 19.1 Å². The van der Waals surface area contributed by atoms with Crippen LogP contribution in [0.4, 0.5) is 4.39 Å². The Morgan fingerprint density at radius 2 is 1.76 bits per heavy atom. The van der Waals surface area contributed by atoms with Gasteiger partial charge in [0.2, 0.25) is 0 Å². The third-order valence-electron chi connectivity index (χ3n) is 4.39. The third-order valence-corrected chi connectivity index (χ3v) is 4.39. The third kappa shape index (κ3) is 5.39. The molecule has 3 aromatic carbocycles. The van der Waals surface area contributed by atoms with Crippen LogP contribution in [0.5, 0.6) is 0 Å². The number of carbonyl (C=O) groups excluding carboxylic acids is 1. The molecular weight excluding hydrogens is 369 g/mol. The number of aryl methyl sites for hydroxylation is 1. The molecular formula is C24H20FNO3. The molecule has 0 fully saturated rings. The second-order valence-electron chi connectivity index (χ2n) is 6.66. The minimum Gasteiger partial charge on any atom is -0.478 e. The second kappa shape index (κ2) is 8.97. The van der Waals surface area contributed by atoms with Gasteiger partial charge >= 0.3 is 5.97 Å². The van der Waals surface area contributed by atoms with Gasteiger partial charge < -0.3 is 10.4 Å². The zero-order valence-electron chi connectivity index (χ0n) is 15.9. The Balaban J connectivity index is 1.91. The predicted molar refractivity (Wildman–Crippen MR) is 111 cm³/mol. The van der Waals surface area contributed by atoms with Crippen LogP contribution >= 0.6 is 0 Å². The highest BCUT2D eigenvalue weighted by atomic mass is 19.1. The smallest absolute Gasteiger partial charge is 0.328 e. The van der Waals surface area contributed by atoms with Crippen LogP contribution in [-0.2, 0) is 11.3 Å². The summed E-state index contributed by atoms with van der Waals surface area (Å²) >= 11 is 0. The summed E-state index contributed by atoms with van der Waals surface area (Å²) in [5.74, 6) is -1.85. The number of carboxylic acids is 1. The molecule has 146 valence electrons. The first-order chi connectivity index (χ1) is 13.9. The van der Waals surface area contributed by atoms with Crippen LogP contribution in [0.25, 0.3) is 17.2 Å². The summed E-state index contributed by atoms with van der Waals surface area (Å²) in [5, 5.41) is 11.7. The maximum Gasteiger partial charge on any atom is 0.328 e. The van der Waals surface area contributed by atoms with Crippen molar-refractivity contribution in [3.05, 3.63) is 101 Å². The molecule has 29 heavy (non-hydrogen) atoms. The van der Waals surface area contributed by atoms with Gasteiger partial charge in [-0.05, 0) is 54.0 Å². The molecule has 0 spiro atoms. The largest absolute Gasteiger partial charge is 0.478 e. The number of benzene rings is 3. The van der Waals surface area contributed by atoms with Gasteiger partial charge in [-0.2, -0.15) is 0 Å². The average molecular weight is 389 g/mol. The number of carbonyl (C=O) groups is 2. The fourth-order valence-electron chi connectivity index (χ4n) is 2.89. The predicted octanol–water partition coefficient (Wildman–Crippen LogP) is 4.83. The summed E-state index contributed by atoms with van der Waals surface area (Å²) in [6.45, 7) is 2.34. The van der Waals surface area contributed by atoms with E-state index >= 15 is 0 Å². The van der Waals surface area contributed by atoms with Crippen molar-refractivity contribution in [2.24, 2.45) is 0 Å². The molecule has 0 saturated carbocycles. The van der Waals surface area contributed by atoms with Gasteiger partial charge in [0, 0.05) is 23.7 Å². The van der Waals surface area contributed by atoms with Gasteiger partial charge in [0.25, 0.3) is 5.91 Å². The molecule has 0 aliphatic rings. The number of halogens is 1. The molecule has 1 amide bonds. The van der Waals surface area contributed by atoms with Crippen molar-refractivity contribution in [1.82, 2.24) is 5.32 Å². The molecule has 0 radical (unpaired) electrons. The molecule has 0 aromatic heterocycles. The molecule has 0 heterocycles. The molecule has 0 bridgehead atoms. The van der Waals surface area contributed by atoms with Crippen molar-refractivity contribution in [2.45, 2.75) is 13.5 Å². The fourth-order valence-corrected chi connectivity index (χ4v) is 2.89. The summed E-state index contributed by atoms with van der Waals surface area (Å²) in [4.78, 5) is 23.6. The Morgan fingerprint density at radius 1 is 1.03 bits per heavy atom. The minimum absolute atomic E-state index is 0.322. The van der Waals surface area contributed by atoms with E-state index in [9.17, 15) is 14.0 Å². The van der Waals surface area contributed by atoms with Crippen molar-refractivity contribution in [1.29, 1.82) is 0 Å². The average Bonchev–Trinajstić information content (AvgIpc) is 2.71. The van der Waals surface area contributed by atoms with Crippen LogP contribution in [0.15, 0.2) is 72.8 Å². The maximum atomic E-state index is 14.2. The van der Waals surface area contributed by atoms with E-state index in [4.69, 9.17) is 5.11 Å². The lowest BCUT2D eigenvalue weighted by molar-refractivity contribution is -0.131.